The number of nitrogens with zero attached hydrogens (tertiary/aromatic N) is 4. The van der Waals surface area contributed by atoms with Gasteiger partial charge in [0.2, 0.25) is 0 Å². The van der Waals surface area contributed by atoms with E-state index in [1.54, 1.807) is 22.2 Å². The molecule has 9 nitrogen and oxygen atoms in total. The van der Waals surface area contributed by atoms with Crippen LogP contribution in [-0.2, 0) is 14.3 Å². The molecule has 3 heterocycles. The number of carbonyl (C=O) groups excluding carboxylic acids is 2. The third-order valence-corrected chi connectivity index (χ3v) is 5.22. The van der Waals surface area contributed by atoms with Gasteiger partial charge in [-0.2, -0.15) is 5.10 Å². The zero-order valence-corrected chi connectivity index (χ0v) is 19.0. The number of pyridine rings is 1. The van der Waals surface area contributed by atoms with Gasteiger partial charge in [-0.1, -0.05) is 22.0 Å². The third-order valence-electron chi connectivity index (χ3n) is 4.69. The van der Waals surface area contributed by atoms with E-state index in [4.69, 9.17) is 14.5 Å². The molecule has 0 aliphatic heterocycles. The summed E-state index contributed by atoms with van der Waals surface area (Å²) >= 11 is 3.42. The molecule has 0 aliphatic carbocycles. The first-order valence-corrected chi connectivity index (χ1v) is 10.6. The number of halogens is 1. The van der Waals surface area contributed by atoms with Gasteiger partial charge in [-0.15, -0.1) is 0 Å². The Morgan fingerprint density at radius 1 is 1.16 bits per heavy atom. The number of methoxy groups -OCH3 is 1. The standard InChI is InChI=1S/C22H20BrN5O4/c1-3-32-22(30)20-16(13-28(26-20)15-9-7-14(23)8-10-15)19-21(24-12-18(29)31-2)27-11-5-4-6-17(27)25-19/h4-11,13,24H,3,12H2,1-2H3. The molecule has 0 aliphatic rings. The zero-order valence-electron chi connectivity index (χ0n) is 17.4. The first-order valence-electron chi connectivity index (χ1n) is 9.82. The summed E-state index contributed by atoms with van der Waals surface area (Å²) in [6, 6.07) is 13.0. The summed E-state index contributed by atoms with van der Waals surface area (Å²) in [5.74, 6) is -0.459. The van der Waals surface area contributed by atoms with Crippen LogP contribution in [0.1, 0.15) is 17.4 Å². The van der Waals surface area contributed by atoms with Crippen molar-refractivity contribution < 1.29 is 19.1 Å². The molecule has 0 saturated carbocycles. The van der Waals surface area contributed by atoms with Crippen molar-refractivity contribution in [3.8, 4) is 16.9 Å². The highest BCUT2D eigenvalue weighted by atomic mass is 79.9. The molecule has 0 radical (unpaired) electrons. The van der Waals surface area contributed by atoms with Gasteiger partial charge < -0.3 is 14.8 Å². The number of fused-ring (bicyclic) bond motifs is 1. The molecule has 4 rings (SSSR count). The molecule has 1 aromatic carbocycles. The van der Waals surface area contributed by atoms with Crippen molar-refractivity contribution >= 4 is 39.3 Å². The number of carbonyl (C=O) groups is 2. The molecule has 32 heavy (non-hydrogen) atoms. The van der Waals surface area contributed by atoms with Gasteiger partial charge >= 0.3 is 11.9 Å². The van der Waals surface area contributed by atoms with Gasteiger partial charge in [-0.25, -0.2) is 14.5 Å². The molecular formula is C22H20BrN5O4. The molecule has 4 aromatic rings. The van der Waals surface area contributed by atoms with Gasteiger partial charge in [0.25, 0.3) is 0 Å². The minimum Gasteiger partial charge on any atom is -0.468 e. The number of rotatable bonds is 7. The molecular weight excluding hydrogens is 478 g/mol. The van der Waals surface area contributed by atoms with E-state index >= 15 is 0 Å². The molecule has 164 valence electrons. The number of benzene rings is 1. The molecule has 0 atom stereocenters. The van der Waals surface area contributed by atoms with Crippen LogP contribution in [0, 0.1) is 0 Å². The van der Waals surface area contributed by atoms with Gasteiger partial charge in [-0.05, 0) is 43.3 Å². The Morgan fingerprint density at radius 3 is 2.66 bits per heavy atom. The number of nitrogens with one attached hydrogen (secondary N) is 1. The van der Waals surface area contributed by atoms with Crippen molar-refractivity contribution in [2.75, 3.05) is 25.6 Å². The second-order valence-corrected chi connectivity index (χ2v) is 7.62. The smallest absolute Gasteiger partial charge is 0.359 e. The van der Waals surface area contributed by atoms with Crippen LogP contribution in [-0.4, -0.2) is 51.4 Å². The number of esters is 2. The van der Waals surface area contributed by atoms with Crippen molar-refractivity contribution in [1.82, 2.24) is 19.2 Å². The lowest BCUT2D eigenvalue weighted by Crippen LogP contribution is -2.16. The molecule has 3 aromatic heterocycles. The molecule has 10 heteroatoms. The fourth-order valence-corrected chi connectivity index (χ4v) is 3.47. The molecule has 0 amide bonds. The zero-order chi connectivity index (χ0) is 22.7. The highest BCUT2D eigenvalue weighted by molar-refractivity contribution is 9.10. The van der Waals surface area contributed by atoms with Crippen LogP contribution in [0.5, 0.6) is 0 Å². The lowest BCUT2D eigenvalue weighted by atomic mass is 10.2. The van der Waals surface area contributed by atoms with E-state index < -0.39 is 11.9 Å². The van der Waals surface area contributed by atoms with Gasteiger partial charge in [0.1, 0.15) is 23.7 Å². The van der Waals surface area contributed by atoms with Crippen molar-refractivity contribution in [1.29, 1.82) is 0 Å². The Balaban J connectivity index is 1.88. The van der Waals surface area contributed by atoms with Crippen LogP contribution in [0.15, 0.2) is 59.3 Å². The summed E-state index contributed by atoms with van der Waals surface area (Å²) in [5, 5.41) is 7.56. The normalized spacial score (nSPS) is 10.8. The number of hydrogen-bond donors (Lipinski definition) is 1. The lowest BCUT2D eigenvalue weighted by molar-refractivity contribution is -0.138. The van der Waals surface area contributed by atoms with E-state index in [-0.39, 0.29) is 18.8 Å². The summed E-state index contributed by atoms with van der Waals surface area (Å²) in [4.78, 5) is 29.2. The van der Waals surface area contributed by atoms with Crippen molar-refractivity contribution in [2.24, 2.45) is 0 Å². The van der Waals surface area contributed by atoms with E-state index in [0.717, 1.165) is 10.2 Å². The molecule has 0 bridgehead atoms. The second-order valence-electron chi connectivity index (χ2n) is 6.70. The molecule has 0 fully saturated rings. The minimum absolute atomic E-state index is 0.0677. The van der Waals surface area contributed by atoms with Gasteiger partial charge in [0.05, 0.1) is 25.0 Å². The number of hydrogen-bond acceptors (Lipinski definition) is 7. The molecule has 0 saturated heterocycles. The predicted octanol–water partition coefficient (Wildman–Crippen LogP) is 3.71. The van der Waals surface area contributed by atoms with E-state index in [1.807, 2.05) is 48.7 Å². The van der Waals surface area contributed by atoms with Crippen LogP contribution in [0.25, 0.3) is 22.6 Å². The summed E-state index contributed by atoms with van der Waals surface area (Å²) in [7, 11) is 1.32. The van der Waals surface area contributed by atoms with E-state index in [2.05, 4.69) is 26.3 Å². The number of aromatic nitrogens is 4. The Labute approximate surface area is 192 Å². The number of ether oxygens (including phenoxy) is 2. The Hall–Kier alpha value is -3.66. The van der Waals surface area contributed by atoms with Gasteiger partial charge in [-0.3, -0.25) is 9.20 Å². The van der Waals surface area contributed by atoms with Crippen LogP contribution in [0.4, 0.5) is 5.82 Å². The monoisotopic (exact) mass is 497 g/mol. The Morgan fingerprint density at radius 2 is 1.94 bits per heavy atom. The largest absolute Gasteiger partial charge is 0.468 e. The average molecular weight is 498 g/mol. The topological polar surface area (TPSA) is 99.8 Å². The van der Waals surface area contributed by atoms with E-state index in [0.29, 0.717) is 22.7 Å². The predicted molar refractivity (Wildman–Crippen MR) is 122 cm³/mol. The summed E-state index contributed by atoms with van der Waals surface area (Å²) in [5.41, 5.74) is 2.46. The van der Waals surface area contributed by atoms with E-state index in [9.17, 15) is 9.59 Å². The average Bonchev–Trinajstić information content (AvgIpc) is 3.40. The van der Waals surface area contributed by atoms with Crippen LogP contribution in [0.3, 0.4) is 0 Å². The summed E-state index contributed by atoms with van der Waals surface area (Å²) < 4.78 is 14.3. The third kappa shape index (κ3) is 4.22. The second kappa shape index (κ2) is 9.23. The SMILES string of the molecule is CCOC(=O)c1nn(-c2ccc(Br)cc2)cc1-c1nc2ccccn2c1NCC(=O)OC. The van der Waals surface area contributed by atoms with Crippen LogP contribution >= 0.6 is 15.9 Å². The quantitative estimate of drug-likeness (QED) is 0.388. The Bertz CT molecular complexity index is 1280. The first-order chi connectivity index (χ1) is 15.5. The minimum atomic E-state index is -0.561. The van der Waals surface area contributed by atoms with Crippen LogP contribution < -0.4 is 5.32 Å². The molecule has 0 spiro atoms. The van der Waals surface area contributed by atoms with Crippen molar-refractivity contribution in [3.05, 3.63) is 65.0 Å². The maximum atomic E-state index is 12.7. The molecule has 1 N–H and O–H groups in total. The maximum absolute atomic E-state index is 12.7. The van der Waals surface area contributed by atoms with Gasteiger partial charge in [0, 0.05) is 16.9 Å². The Kier molecular flexibility index (Phi) is 6.22. The highest BCUT2D eigenvalue weighted by Gasteiger charge is 2.25. The number of imidazole rings is 1. The fraction of sp³-hybridized carbons (Fsp3) is 0.182. The first kappa shape index (κ1) is 21.6. The fourth-order valence-electron chi connectivity index (χ4n) is 3.20. The maximum Gasteiger partial charge on any atom is 0.359 e. The summed E-state index contributed by atoms with van der Waals surface area (Å²) in [6.07, 6.45) is 3.54. The summed E-state index contributed by atoms with van der Waals surface area (Å²) in [6.45, 7) is 1.88. The molecule has 0 unspecified atom stereocenters. The lowest BCUT2D eigenvalue weighted by Gasteiger charge is -2.07. The van der Waals surface area contributed by atoms with E-state index in [1.165, 1.54) is 7.11 Å². The van der Waals surface area contributed by atoms with Crippen molar-refractivity contribution in [2.45, 2.75) is 6.92 Å². The number of anilines is 1. The van der Waals surface area contributed by atoms with Gasteiger partial charge in [0.15, 0.2) is 5.69 Å². The van der Waals surface area contributed by atoms with Crippen LogP contribution in [0.2, 0.25) is 0 Å². The highest BCUT2D eigenvalue weighted by Crippen LogP contribution is 2.32. The van der Waals surface area contributed by atoms with Crippen molar-refractivity contribution in [3.63, 3.8) is 0 Å².